The van der Waals surface area contributed by atoms with Crippen LogP contribution < -0.4 is 4.90 Å². The predicted octanol–water partition coefficient (Wildman–Crippen LogP) is 13.2. The van der Waals surface area contributed by atoms with Crippen LogP contribution in [0.2, 0.25) is 0 Å². The molecule has 8 aromatic carbocycles. The molecule has 0 spiro atoms. The Balaban J connectivity index is 1.30. The molecule has 0 saturated heterocycles. The molecule has 0 aliphatic heterocycles. The van der Waals surface area contributed by atoms with Crippen LogP contribution in [0.4, 0.5) is 17.1 Å². The molecule has 1 heteroatoms. The van der Waals surface area contributed by atoms with Crippen LogP contribution in [-0.2, 0) is 10.8 Å². The second kappa shape index (κ2) is 9.94. The Morgan fingerprint density at radius 3 is 1.43 bits per heavy atom. The van der Waals surface area contributed by atoms with Crippen LogP contribution in [0.1, 0.15) is 49.9 Å². The summed E-state index contributed by atoms with van der Waals surface area (Å²) in [6.07, 6.45) is 0. The lowest BCUT2D eigenvalue weighted by Gasteiger charge is -2.30. The average molecular weight is 628 g/mol. The van der Waals surface area contributed by atoms with Crippen molar-refractivity contribution in [1.29, 1.82) is 0 Å². The number of rotatable bonds is 3. The molecule has 234 valence electrons. The molecule has 0 amide bonds. The summed E-state index contributed by atoms with van der Waals surface area (Å²) in [4.78, 5) is 2.52. The number of anilines is 3. The highest BCUT2D eigenvalue weighted by molar-refractivity contribution is 6.21. The fraction of sp³-hybridized carbons (Fsp3) is 0.125. The Hall–Kier alpha value is -5.66. The summed E-state index contributed by atoms with van der Waals surface area (Å²) in [5.74, 6) is 0. The van der Waals surface area contributed by atoms with Crippen molar-refractivity contribution in [1.82, 2.24) is 0 Å². The van der Waals surface area contributed by atoms with Crippen molar-refractivity contribution >= 4 is 49.4 Å². The van der Waals surface area contributed by atoms with Gasteiger partial charge in [0.1, 0.15) is 0 Å². The van der Waals surface area contributed by atoms with Gasteiger partial charge in [-0.05, 0) is 102 Å². The third-order valence-electron chi connectivity index (χ3n) is 11.6. The summed E-state index contributed by atoms with van der Waals surface area (Å²) in [6.45, 7) is 9.43. The molecule has 0 atom stereocenters. The molecule has 0 bridgehead atoms. The van der Waals surface area contributed by atoms with Gasteiger partial charge in [0.05, 0.1) is 5.69 Å². The Labute approximate surface area is 288 Å². The van der Waals surface area contributed by atoms with E-state index in [0.717, 1.165) is 0 Å². The average Bonchev–Trinajstić information content (AvgIpc) is 3.51. The van der Waals surface area contributed by atoms with Crippen LogP contribution in [0.5, 0.6) is 0 Å². The van der Waals surface area contributed by atoms with Crippen molar-refractivity contribution in [3.05, 3.63) is 174 Å². The van der Waals surface area contributed by atoms with E-state index in [9.17, 15) is 0 Å². The molecule has 0 fully saturated rings. The van der Waals surface area contributed by atoms with E-state index in [-0.39, 0.29) is 10.8 Å². The molecule has 0 N–H and O–H groups in total. The van der Waals surface area contributed by atoms with Crippen molar-refractivity contribution in [2.45, 2.75) is 38.5 Å². The number of nitrogens with zero attached hydrogens (tertiary/aromatic N) is 1. The monoisotopic (exact) mass is 627 g/mol. The highest BCUT2D eigenvalue weighted by Crippen LogP contribution is 2.54. The molecule has 0 radical (unpaired) electrons. The normalized spacial score (nSPS) is 14.9. The lowest BCUT2D eigenvalue weighted by molar-refractivity contribution is 0.660. The predicted molar refractivity (Wildman–Crippen MR) is 209 cm³/mol. The zero-order valence-corrected chi connectivity index (χ0v) is 28.4. The van der Waals surface area contributed by atoms with Crippen molar-refractivity contribution in [3.8, 4) is 22.3 Å². The van der Waals surface area contributed by atoms with Crippen LogP contribution in [-0.4, -0.2) is 0 Å². The molecule has 8 aromatic rings. The van der Waals surface area contributed by atoms with E-state index in [4.69, 9.17) is 0 Å². The molecule has 2 aliphatic rings. The van der Waals surface area contributed by atoms with Gasteiger partial charge in [-0.2, -0.15) is 0 Å². The molecule has 2 aliphatic carbocycles. The maximum atomic E-state index is 2.52. The van der Waals surface area contributed by atoms with Gasteiger partial charge in [0.25, 0.3) is 0 Å². The highest BCUT2D eigenvalue weighted by Gasteiger charge is 2.37. The molecular weight excluding hydrogens is 591 g/mol. The quantitative estimate of drug-likeness (QED) is 0.176. The van der Waals surface area contributed by atoms with E-state index in [0.29, 0.717) is 0 Å². The lowest BCUT2D eigenvalue weighted by Crippen LogP contribution is -2.16. The van der Waals surface area contributed by atoms with Gasteiger partial charge in [0.2, 0.25) is 0 Å². The van der Waals surface area contributed by atoms with E-state index in [1.54, 1.807) is 0 Å². The Morgan fingerprint density at radius 2 is 0.816 bits per heavy atom. The summed E-state index contributed by atoms with van der Waals surface area (Å²) in [7, 11) is 0. The number of hydrogen-bond donors (Lipinski definition) is 0. The standard InChI is InChI=1S/C48H37N/c1-47(2)42-19-11-9-16-36(42)40-27-31(22-25-44(40)47)49(32-23-26-45-41(28-32)37-17-10-12-20-43(37)48(45,3)4)46-29-39-33-14-6-5-13-30(33)21-24-35(39)34-15-7-8-18-38(34)46/h5-29H,1-4H3. The molecule has 0 saturated carbocycles. The molecule has 1 nitrogen and oxygen atoms in total. The molecule has 0 aromatic heterocycles. The van der Waals surface area contributed by atoms with Gasteiger partial charge < -0.3 is 4.90 Å². The molecule has 49 heavy (non-hydrogen) atoms. The van der Waals surface area contributed by atoms with Crippen LogP contribution >= 0.6 is 0 Å². The third kappa shape index (κ3) is 3.88. The van der Waals surface area contributed by atoms with Crippen LogP contribution in [0.3, 0.4) is 0 Å². The first-order valence-electron chi connectivity index (χ1n) is 17.4. The minimum Gasteiger partial charge on any atom is -0.310 e. The second-order valence-corrected chi connectivity index (χ2v) is 15.0. The van der Waals surface area contributed by atoms with Gasteiger partial charge >= 0.3 is 0 Å². The Morgan fingerprint density at radius 1 is 0.347 bits per heavy atom. The minimum atomic E-state index is -0.0489. The third-order valence-corrected chi connectivity index (χ3v) is 11.6. The lowest BCUT2D eigenvalue weighted by atomic mass is 9.82. The SMILES string of the molecule is CC1(C)c2ccccc2-c2cc(N(c3ccc4c(c3)-c3ccccc3C4(C)C)c3cc4c5ccccc5ccc4c4ccccc34)ccc21. The summed E-state index contributed by atoms with van der Waals surface area (Å²) >= 11 is 0. The number of fused-ring (bicyclic) bond motifs is 11. The largest absolute Gasteiger partial charge is 0.310 e. The van der Waals surface area contributed by atoms with E-state index in [2.05, 4.69) is 184 Å². The zero-order chi connectivity index (χ0) is 33.1. The van der Waals surface area contributed by atoms with Gasteiger partial charge in [-0.15, -0.1) is 0 Å². The Kier molecular flexibility index (Phi) is 5.75. The molecule has 10 rings (SSSR count). The van der Waals surface area contributed by atoms with Crippen LogP contribution in [0.15, 0.2) is 152 Å². The molecule has 0 unspecified atom stereocenters. The van der Waals surface area contributed by atoms with Crippen LogP contribution in [0.25, 0.3) is 54.6 Å². The fourth-order valence-corrected chi connectivity index (χ4v) is 9.15. The van der Waals surface area contributed by atoms with Gasteiger partial charge in [0.15, 0.2) is 0 Å². The van der Waals surface area contributed by atoms with Gasteiger partial charge in [-0.1, -0.05) is 149 Å². The highest BCUT2D eigenvalue weighted by atomic mass is 15.1. The van der Waals surface area contributed by atoms with E-state index in [1.807, 2.05) is 0 Å². The van der Waals surface area contributed by atoms with Crippen LogP contribution in [0, 0.1) is 0 Å². The summed E-state index contributed by atoms with van der Waals surface area (Å²) in [5, 5.41) is 7.61. The smallest absolute Gasteiger partial charge is 0.0546 e. The molecule has 0 heterocycles. The maximum absolute atomic E-state index is 2.52. The summed E-state index contributed by atoms with van der Waals surface area (Å²) in [6, 6.07) is 57.0. The first-order chi connectivity index (χ1) is 23.8. The van der Waals surface area contributed by atoms with Crippen molar-refractivity contribution in [3.63, 3.8) is 0 Å². The first kappa shape index (κ1) is 28.4. The second-order valence-electron chi connectivity index (χ2n) is 15.0. The van der Waals surface area contributed by atoms with Crippen molar-refractivity contribution in [2.24, 2.45) is 0 Å². The van der Waals surface area contributed by atoms with Crippen molar-refractivity contribution < 1.29 is 0 Å². The summed E-state index contributed by atoms with van der Waals surface area (Å²) in [5.41, 5.74) is 14.3. The van der Waals surface area contributed by atoms with Crippen molar-refractivity contribution in [2.75, 3.05) is 4.90 Å². The van der Waals surface area contributed by atoms with Gasteiger partial charge in [-0.3, -0.25) is 0 Å². The first-order valence-corrected chi connectivity index (χ1v) is 17.4. The minimum absolute atomic E-state index is 0.0489. The number of hydrogen-bond acceptors (Lipinski definition) is 1. The van der Waals surface area contributed by atoms with E-state index >= 15 is 0 Å². The van der Waals surface area contributed by atoms with E-state index < -0.39 is 0 Å². The Bertz CT molecular complexity index is 2570. The topological polar surface area (TPSA) is 3.24 Å². The van der Waals surface area contributed by atoms with Gasteiger partial charge in [-0.25, -0.2) is 0 Å². The zero-order valence-electron chi connectivity index (χ0n) is 28.4. The van der Waals surface area contributed by atoms with Gasteiger partial charge in [0, 0.05) is 27.6 Å². The van der Waals surface area contributed by atoms with E-state index in [1.165, 1.54) is 93.9 Å². The fourth-order valence-electron chi connectivity index (χ4n) is 9.15. The number of benzene rings is 8. The molecular formula is C48H37N. The maximum Gasteiger partial charge on any atom is 0.0546 e. The summed E-state index contributed by atoms with van der Waals surface area (Å²) < 4.78 is 0.